The smallest absolute Gasteiger partial charge is 0.340 e. The van der Waals surface area contributed by atoms with Gasteiger partial charge in [0.2, 0.25) is 0 Å². The number of esters is 1. The third-order valence-electron chi connectivity index (χ3n) is 5.04. The first-order chi connectivity index (χ1) is 12.5. The zero-order valence-electron chi connectivity index (χ0n) is 15.6. The Morgan fingerprint density at radius 1 is 1.35 bits per heavy atom. The van der Waals surface area contributed by atoms with Crippen molar-refractivity contribution >= 4 is 11.9 Å². The largest absolute Gasteiger partial charge is 0.467 e. The van der Waals surface area contributed by atoms with Crippen molar-refractivity contribution < 1.29 is 18.7 Å². The molecular formula is C20H26N2O4. The van der Waals surface area contributed by atoms with Crippen LogP contribution in [0.1, 0.15) is 60.1 Å². The second-order valence-corrected chi connectivity index (χ2v) is 6.99. The first kappa shape index (κ1) is 18.3. The first-order valence-electron chi connectivity index (χ1n) is 9.16. The fraction of sp³-hybridized carbons (Fsp3) is 0.500. The Balaban J connectivity index is 1.64. The Morgan fingerprint density at radius 3 is 2.73 bits per heavy atom. The second-order valence-electron chi connectivity index (χ2n) is 6.99. The van der Waals surface area contributed by atoms with E-state index in [9.17, 15) is 9.59 Å². The van der Waals surface area contributed by atoms with Crippen molar-refractivity contribution in [1.29, 1.82) is 0 Å². The summed E-state index contributed by atoms with van der Waals surface area (Å²) in [4.78, 5) is 24.8. The number of hydrogen-bond donors (Lipinski definition) is 1. The number of ether oxygens (including phenoxy) is 1. The summed E-state index contributed by atoms with van der Waals surface area (Å²) in [6.45, 7) is 5.97. The molecule has 6 heteroatoms. The van der Waals surface area contributed by atoms with E-state index in [0.29, 0.717) is 12.1 Å². The molecule has 1 saturated carbocycles. The average molecular weight is 358 g/mol. The van der Waals surface area contributed by atoms with Gasteiger partial charge in [0.15, 0.2) is 6.10 Å². The topological polar surface area (TPSA) is 73.5 Å². The lowest BCUT2D eigenvalue weighted by Gasteiger charge is -2.17. The van der Waals surface area contributed by atoms with Crippen LogP contribution < -0.4 is 5.32 Å². The van der Waals surface area contributed by atoms with Gasteiger partial charge in [0.05, 0.1) is 18.4 Å². The number of hydrogen-bond acceptors (Lipinski definition) is 4. The predicted octanol–water partition coefficient (Wildman–Crippen LogP) is 3.35. The molecule has 3 rings (SSSR count). The van der Waals surface area contributed by atoms with Crippen LogP contribution in [0.2, 0.25) is 0 Å². The molecule has 0 spiro atoms. The Bertz CT molecular complexity index is 770. The highest BCUT2D eigenvalue weighted by molar-refractivity contribution is 5.93. The molecule has 0 saturated heterocycles. The molecule has 2 aromatic rings. The summed E-state index contributed by atoms with van der Waals surface area (Å²) in [6, 6.07) is 5.74. The van der Waals surface area contributed by atoms with Gasteiger partial charge < -0.3 is 19.0 Å². The van der Waals surface area contributed by atoms with Gasteiger partial charge in [-0.1, -0.05) is 12.8 Å². The van der Waals surface area contributed by atoms with E-state index in [-0.39, 0.29) is 11.9 Å². The Morgan fingerprint density at radius 2 is 2.08 bits per heavy atom. The Labute approximate surface area is 153 Å². The number of carbonyl (C=O) groups excluding carboxylic acids is 2. The molecule has 0 aromatic carbocycles. The summed E-state index contributed by atoms with van der Waals surface area (Å²) in [5.41, 5.74) is 2.22. The normalized spacial score (nSPS) is 15.8. The SMILES string of the molecule is Cc1cc(C(=O)O[C@H](C)C(=O)NC2CCCC2)c(C)n1Cc1ccco1. The van der Waals surface area contributed by atoms with Gasteiger partial charge in [-0.25, -0.2) is 4.79 Å². The van der Waals surface area contributed by atoms with Crippen LogP contribution in [0.3, 0.4) is 0 Å². The van der Waals surface area contributed by atoms with Crippen LogP contribution in [-0.4, -0.2) is 28.6 Å². The number of aryl methyl sites for hydroxylation is 1. The molecule has 0 unspecified atom stereocenters. The van der Waals surface area contributed by atoms with E-state index >= 15 is 0 Å². The molecule has 1 fully saturated rings. The Hall–Kier alpha value is -2.50. The van der Waals surface area contributed by atoms with Gasteiger partial charge in [-0.05, 0) is 51.8 Å². The van der Waals surface area contributed by atoms with E-state index in [1.54, 1.807) is 19.3 Å². The zero-order chi connectivity index (χ0) is 18.7. The van der Waals surface area contributed by atoms with E-state index in [1.807, 2.05) is 30.5 Å². The lowest BCUT2D eigenvalue weighted by atomic mass is 10.2. The predicted molar refractivity (Wildman–Crippen MR) is 97.0 cm³/mol. The van der Waals surface area contributed by atoms with Crippen LogP contribution in [-0.2, 0) is 16.1 Å². The van der Waals surface area contributed by atoms with Crippen LogP contribution in [0.25, 0.3) is 0 Å². The average Bonchev–Trinajstić information content (AvgIpc) is 3.34. The van der Waals surface area contributed by atoms with E-state index in [2.05, 4.69) is 5.32 Å². The van der Waals surface area contributed by atoms with Crippen molar-refractivity contribution in [2.24, 2.45) is 0 Å². The molecule has 0 aliphatic heterocycles. The van der Waals surface area contributed by atoms with Crippen molar-refractivity contribution in [2.45, 2.75) is 65.1 Å². The first-order valence-corrected chi connectivity index (χ1v) is 9.16. The maximum Gasteiger partial charge on any atom is 0.340 e. The molecule has 0 radical (unpaired) electrons. The number of carbonyl (C=O) groups is 2. The molecule has 1 aliphatic carbocycles. The zero-order valence-corrected chi connectivity index (χ0v) is 15.6. The molecule has 140 valence electrons. The van der Waals surface area contributed by atoms with Crippen LogP contribution >= 0.6 is 0 Å². The number of nitrogens with zero attached hydrogens (tertiary/aromatic N) is 1. The van der Waals surface area contributed by atoms with Crippen molar-refractivity contribution in [3.05, 3.63) is 47.2 Å². The fourth-order valence-corrected chi connectivity index (χ4v) is 3.48. The van der Waals surface area contributed by atoms with Crippen LogP contribution in [0.15, 0.2) is 28.9 Å². The molecule has 1 aliphatic rings. The summed E-state index contributed by atoms with van der Waals surface area (Å²) < 4.78 is 12.8. The minimum atomic E-state index is -0.809. The van der Waals surface area contributed by atoms with Gasteiger partial charge in [-0.3, -0.25) is 4.79 Å². The van der Waals surface area contributed by atoms with Gasteiger partial charge in [0, 0.05) is 17.4 Å². The molecular weight excluding hydrogens is 332 g/mol. The third-order valence-corrected chi connectivity index (χ3v) is 5.04. The monoisotopic (exact) mass is 358 g/mol. The van der Waals surface area contributed by atoms with Gasteiger partial charge in [0.25, 0.3) is 5.91 Å². The summed E-state index contributed by atoms with van der Waals surface area (Å²) >= 11 is 0. The number of aromatic nitrogens is 1. The van der Waals surface area contributed by atoms with Crippen LogP contribution in [0.4, 0.5) is 0 Å². The molecule has 1 atom stereocenters. The molecule has 1 N–H and O–H groups in total. The fourth-order valence-electron chi connectivity index (χ4n) is 3.48. The quantitative estimate of drug-likeness (QED) is 0.804. The minimum Gasteiger partial charge on any atom is -0.467 e. The summed E-state index contributed by atoms with van der Waals surface area (Å²) in [6.07, 6.45) is 5.10. The van der Waals surface area contributed by atoms with Gasteiger partial charge in [-0.15, -0.1) is 0 Å². The van der Waals surface area contributed by atoms with E-state index in [4.69, 9.17) is 9.15 Å². The number of furan rings is 1. The number of amides is 1. The molecule has 1 amide bonds. The van der Waals surface area contributed by atoms with Crippen molar-refractivity contribution in [2.75, 3.05) is 0 Å². The van der Waals surface area contributed by atoms with Crippen molar-refractivity contribution in [3.8, 4) is 0 Å². The summed E-state index contributed by atoms with van der Waals surface area (Å²) in [5, 5.41) is 2.96. The standard InChI is InChI=1S/C20H26N2O4/c1-13-11-18(14(2)22(13)12-17-9-6-10-25-17)20(24)26-15(3)19(23)21-16-7-4-5-8-16/h6,9-11,15-16H,4-5,7-8,12H2,1-3H3,(H,21,23)/t15-/m1/s1. The highest BCUT2D eigenvalue weighted by Crippen LogP contribution is 2.20. The van der Waals surface area contributed by atoms with E-state index < -0.39 is 12.1 Å². The second kappa shape index (κ2) is 7.81. The molecule has 26 heavy (non-hydrogen) atoms. The summed E-state index contributed by atoms with van der Waals surface area (Å²) in [5.74, 6) is 0.114. The van der Waals surface area contributed by atoms with E-state index in [0.717, 1.165) is 42.8 Å². The molecule has 2 heterocycles. The Kier molecular flexibility index (Phi) is 5.49. The minimum absolute atomic E-state index is 0.210. The molecule has 2 aromatic heterocycles. The number of nitrogens with one attached hydrogen (secondary N) is 1. The maximum atomic E-state index is 12.5. The highest BCUT2D eigenvalue weighted by atomic mass is 16.5. The lowest BCUT2D eigenvalue weighted by molar-refractivity contribution is -0.129. The van der Waals surface area contributed by atoms with E-state index in [1.165, 1.54) is 0 Å². The van der Waals surface area contributed by atoms with Gasteiger partial charge in [0.1, 0.15) is 5.76 Å². The van der Waals surface area contributed by atoms with Gasteiger partial charge in [-0.2, -0.15) is 0 Å². The molecule has 6 nitrogen and oxygen atoms in total. The third kappa shape index (κ3) is 4.00. The highest BCUT2D eigenvalue weighted by Gasteiger charge is 2.25. The van der Waals surface area contributed by atoms with Crippen LogP contribution in [0.5, 0.6) is 0 Å². The summed E-state index contributed by atoms with van der Waals surface area (Å²) in [7, 11) is 0. The van der Waals surface area contributed by atoms with Gasteiger partial charge >= 0.3 is 5.97 Å². The maximum absolute atomic E-state index is 12.5. The lowest BCUT2D eigenvalue weighted by Crippen LogP contribution is -2.40. The number of rotatable bonds is 6. The molecule has 0 bridgehead atoms. The van der Waals surface area contributed by atoms with Crippen molar-refractivity contribution in [1.82, 2.24) is 9.88 Å². The van der Waals surface area contributed by atoms with Crippen molar-refractivity contribution in [3.63, 3.8) is 0 Å². The van der Waals surface area contributed by atoms with Crippen LogP contribution in [0, 0.1) is 13.8 Å².